The van der Waals surface area contributed by atoms with E-state index in [1.165, 1.54) is 7.11 Å². The Morgan fingerprint density at radius 2 is 1.74 bits per heavy atom. The minimum atomic E-state index is -3.76. The fourth-order valence-corrected chi connectivity index (χ4v) is 5.98. The van der Waals surface area contributed by atoms with Crippen LogP contribution in [0.5, 0.6) is 5.75 Å². The lowest BCUT2D eigenvalue weighted by atomic mass is 9.77. The molecule has 2 aliphatic rings. The molecule has 2 unspecified atom stereocenters. The van der Waals surface area contributed by atoms with Gasteiger partial charge in [-0.1, -0.05) is 24.3 Å². The summed E-state index contributed by atoms with van der Waals surface area (Å²) in [4.78, 5) is 12.0. The van der Waals surface area contributed by atoms with Crippen LogP contribution in [0.2, 0.25) is 0 Å². The number of anilines is 2. The Hall–Kier alpha value is -3.78. The number of benzene rings is 3. The van der Waals surface area contributed by atoms with Crippen LogP contribution in [0.3, 0.4) is 0 Å². The van der Waals surface area contributed by atoms with Crippen LogP contribution in [0.4, 0.5) is 11.4 Å². The quantitative estimate of drug-likeness (QED) is 0.368. The number of carbonyl (C=O) groups excluding carboxylic acids is 1. The molecule has 1 aliphatic carbocycles. The minimum absolute atomic E-state index is 0.0362. The summed E-state index contributed by atoms with van der Waals surface area (Å²) in [5, 5.41) is 3.60. The SMILES string of the molecule is COC(=O)c1ccc([C@@H]2Nc3ccc(S(=O)(=O)Nc4ccc(OC)cc4)cc3C3C=CCC32)cc1. The first-order chi connectivity index (χ1) is 16.9. The second-order valence-corrected chi connectivity index (χ2v) is 10.4. The van der Waals surface area contributed by atoms with E-state index < -0.39 is 10.0 Å². The first-order valence-electron chi connectivity index (χ1n) is 11.3. The van der Waals surface area contributed by atoms with Gasteiger partial charge in [0, 0.05) is 17.3 Å². The number of sulfonamides is 1. The molecule has 1 heterocycles. The van der Waals surface area contributed by atoms with Gasteiger partial charge in [0.25, 0.3) is 10.0 Å². The largest absolute Gasteiger partial charge is 0.497 e. The summed E-state index contributed by atoms with van der Waals surface area (Å²) in [6.45, 7) is 0. The van der Waals surface area contributed by atoms with E-state index in [0.717, 1.165) is 23.2 Å². The summed E-state index contributed by atoms with van der Waals surface area (Å²) in [5.74, 6) is 0.615. The maximum Gasteiger partial charge on any atom is 0.337 e. The molecule has 7 nitrogen and oxygen atoms in total. The molecule has 0 aromatic heterocycles. The molecule has 1 aliphatic heterocycles. The van der Waals surface area contributed by atoms with Crippen LogP contribution < -0.4 is 14.8 Å². The van der Waals surface area contributed by atoms with Gasteiger partial charge < -0.3 is 14.8 Å². The van der Waals surface area contributed by atoms with Gasteiger partial charge in [-0.25, -0.2) is 13.2 Å². The van der Waals surface area contributed by atoms with Crippen LogP contribution in [0, 0.1) is 5.92 Å². The summed E-state index contributed by atoms with van der Waals surface area (Å²) in [6.07, 6.45) is 5.19. The van der Waals surface area contributed by atoms with Crippen molar-refractivity contribution in [1.82, 2.24) is 0 Å². The van der Waals surface area contributed by atoms with Crippen LogP contribution in [0.1, 0.15) is 39.9 Å². The molecule has 5 rings (SSSR count). The van der Waals surface area contributed by atoms with Crippen molar-refractivity contribution in [2.45, 2.75) is 23.3 Å². The first kappa shape index (κ1) is 23.0. The lowest BCUT2D eigenvalue weighted by molar-refractivity contribution is 0.0600. The number of esters is 1. The Labute approximate surface area is 204 Å². The number of rotatable bonds is 6. The van der Waals surface area contributed by atoms with Crippen molar-refractivity contribution >= 4 is 27.4 Å². The minimum Gasteiger partial charge on any atom is -0.497 e. The zero-order valence-electron chi connectivity index (χ0n) is 19.4. The molecular formula is C27H26N2O5S. The molecule has 8 heteroatoms. The lowest BCUT2D eigenvalue weighted by Gasteiger charge is -2.37. The second kappa shape index (κ2) is 9.11. The lowest BCUT2D eigenvalue weighted by Crippen LogP contribution is -2.29. The number of allylic oxidation sites excluding steroid dienone is 2. The summed E-state index contributed by atoms with van der Waals surface area (Å²) in [6, 6.07) is 19.4. The van der Waals surface area contributed by atoms with E-state index in [4.69, 9.17) is 9.47 Å². The molecule has 0 fully saturated rings. The highest BCUT2D eigenvalue weighted by atomic mass is 32.2. The Morgan fingerprint density at radius 3 is 2.43 bits per heavy atom. The maximum atomic E-state index is 13.1. The standard InChI is InChI=1S/C27H26N2O5S/c1-33-20-12-10-19(11-13-20)29-35(31,32)21-14-15-25-24(16-21)22-4-3-5-23(22)26(28-25)17-6-8-18(9-7-17)27(30)34-2/h3-4,6-16,22-23,26,28-29H,5H2,1-2H3/t22?,23?,26-/m0/s1. The van der Waals surface area contributed by atoms with E-state index in [9.17, 15) is 13.2 Å². The normalized spacial score (nSPS) is 20.3. The number of hydrogen-bond acceptors (Lipinski definition) is 6. The zero-order chi connectivity index (χ0) is 24.6. The van der Waals surface area contributed by atoms with E-state index in [0.29, 0.717) is 17.0 Å². The molecule has 3 aromatic carbocycles. The van der Waals surface area contributed by atoms with Gasteiger partial charge in [0.1, 0.15) is 5.75 Å². The van der Waals surface area contributed by atoms with Crippen molar-refractivity contribution in [1.29, 1.82) is 0 Å². The molecule has 0 amide bonds. The van der Waals surface area contributed by atoms with E-state index >= 15 is 0 Å². The van der Waals surface area contributed by atoms with E-state index in [-0.39, 0.29) is 28.7 Å². The Morgan fingerprint density at radius 1 is 1.00 bits per heavy atom. The third kappa shape index (κ3) is 4.37. The van der Waals surface area contributed by atoms with E-state index in [1.807, 2.05) is 18.2 Å². The molecule has 0 saturated heterocycles. The number of hydrogen-bond donors (Lipinski definition) is 2. The Bertz CT molecular complexity index is 1380. The average molecular weight is 491 g/mol. The molecule has 3 aromatic rings. The summed E-state index contributed by atoms with van der Waals surface area (Å²) >= 11 is 0. The molecule has 0 bridgehead atoms. The monoisotopic (exact) mass is 490 g/mol. The van der Waals surface area contributed by atoms with Crippen LogP contribution in [-0.2, 0) is 14.8 Å². The third-order valence-corrected chi connectivity index (χ3v) is 8.06. The molecule has 35 heavy (non-hydrogen) atoms. The summed E-state index contributed by atoms with van der Waals surface area (Å²) < 4.78 is 38.8. The Kier molecular flexibility index (Phi) is 5.98. The van der Waals surface area contributed by atoms with Crippen molar-refractivity contribution in [2.24, 2.45) is 5.92 Å². The Balaban J connectivity index is 1.43. The smallest absolute Gasteiger partial charge is 0.337 e. The van der Waals surface area contributed by atoms with Crippen molar-refractivity contribution in [3.8, 4) is 5.75 Å². The van der Waals surface area contributed by atoms with Gasteiger partial charge in [0.15, 0.2) is 0 Å². The predicted molar refractivity (Wildman–Crippen MR) is 134 cm³/mol. The molecular weight excluding hydrogens is 464 g/mol. The molecule has 0 radical (unpaired) electrons. The number of fused-ring (bicyclic) bond motifs is 3. The molecule has 0 spiro atoms. The number of nitrogens with one attached hydrogen (secondary N) is 2. The third-order valence-electron chi connectivity index (χ3n) is 6.68. The van der Waals surface area contributed by atoms with Crippen molar-refractivity contribution < 1.29 is 22.7 Å². The molecule has 180 valence electrons. The van der Waals surface area contributed by atoms with Crippen LogP contribution >= 0.6 is 0 Å². The van der Waals surface area contributed by atoms with Gasteiger partial charge in [-0.3, -0.25) is 4.72 Å². The summed E-state index contributed by atoms with van der Waals surface area (Å²) in [5.41, 5.74) is 3.91. The fraction of sp³-hybridized carbons (Fsp3) is 0.222. The molecule has 2 N–H and O–H groups in total. The van der Waals surface area contributed by atoms with Gasteiger partial charge in [-0.15, -0.1) is 0 Å². The number of carbonyl (C=O) groups is 1. The second-order valence-electron chi connectivity index (χ2n) is 8.67. The molecule has 3 atom stereocenters. The van der Waals surface area contributed by atoms with Crippen molar-refractivity contribution in [2.75, 3.05) is 24.3 Å². The van der Waals surface area contributed by atoms with Gasteiger partial charge in [0.2, 0.25) is 0 Å². The highest BCUT2D eigenvalue weighted by Gasteiger charge is 2.38. The topological polar surface area (TPSA) is 93.7 Å². The number of methoxy groups -OCH3 is 2. The number of ether oxygens (including phenoxy) is 2. The van der Waals surface area contributed by atoms with Crippen LogP contribution in [0.25, 0.3) is 0 Å². The highest BCUT2D eigenvalue weighted by molar-refractivity contribution is 7.92. The average Bonchev–Trinajstić information content (AvgIpc) is 3.38. The summed E-state index contributed by atoms with van der Waals surface area (Å²) in [7, 11) is -0.834. The van der Waals surface area contributed by atoms with E-state index in [2.05, 4.69) is 22.2 Å². The molecule has 0 saturated carbocycles. The van der Waals surface area contributed by atoms with E-state index in [1.54, 1.807) is 55.6 Å². The van der Waals surface area contributed by atoms with Crippen LogP contribution in [-0.4, -0.2) is 28.6 Å². The van der Waals surface area contributed by atoms with Crippen molar-refractivity contribution in [3.63, 3.8) is 0 Å². The maximum absolute atomic E-state index is 13.1. The highest BCUT2D eigenvalue weighted by Crippen LogP contribution is 2.50. The predicted octanol–water partition coefficient (Wildman–Crippen LogP) is 5.11. The van der Waals surface area contributed by atoms with Gasteiger partial charge >= 0.3 is 5.97 Å². The van der Waals surface area contributed by atoms with Crippen molar-refractivity contribution in [3.05, 3.63) is 95.6 Å². The fourth-order valence-electron chi connectivity index (χ4n) is 4.89. The van der Waals surface area contributed by atoms with Gasteiger partial charge in [-0.2, -0.15) is 0 Å². The zero-order valence-corrected chi connectivity index (χ0v) is 20.2. The van der Waals surface area contributed by atoms with Crippen LogP contribution in [0.15, 0.2) is 83.8 Å². The first-order valence-corrected chi connectivity index (χ1v) is 12.8. The van der Waals surface area contributed by atoms with Gasteiger partial charge in [-0.05, 0) is 78.1 Å². The van der Waals surface area contributed by atoms with Gasteiger partial charge in [0.05, 0.1) is 30.7 Å².